The number of rotatable bonds is 5. The molecule has 0 spiro atoms. The van der Waals surface area contributed by atoms with Crippen LogP contribution in [0.15, 0.2) is 22.7 Å². The Morgan fingerprint density at radius 3 is 3.06 bits per heavy atom. The van der Waals surface area contributed by atoms with E-state index in [1.807, 2.05) is 6.20 Å². The van der Waals surface area contributed by atoms with Crippen molar-refractivity contribution < 1.29 is 4.42 Å². The summed E-state index contributed by atoms with van der Waals surface area (Å²) in [7, 11) is 0. The molecule has 1 fully saturated rings. The van der Waals surface area contributed by atoms with E-state index in [-0.39, 0.29) is 0 Å². The van der Waals surface area contributed by atoms with Crippen molar-refractivity contribution in [3.8, 4) is 10.8 Å². The Morgan fingerprint density at radius 2 is 2.33 bits per heavy atom. The van der Waals surface area contributed by atoms with E-state index >= 15 is 0 Å². The van der Waals surface area contributed by atoms with Crippen LogP contribution in [0.5, 0.6) is 0 Å². The van der Waals surface area contributed by atoms with Gasteiger partial charge in [0.2, 0.25) is 0 Å². The molecular formula is C14H18N2OS. The van der Waals surface area contributed by atoms with E-state index in [4.69, 9.17) is 4.42 Å². The Bertz CT molecular complexity index is 531. The summed E-state index contributed by atoms with van der Waals surface area (Å²) < 4.78 is 5.91. The van der Waals surface area contributed by atoms with Gasteiger partial charge in [-0.2, -0.15) is 0 Å². The third kappa shape index (κ3) is 2.35. The molecular weight excluding hydrogens is 244 g/mol. The van der Waals surface area contributed by atoms with Gasteiger partial charge in [-0.25, -0.2) is 4.98 Å². The van der Waals surface area contributed by atoms with Gasteiger partial charge in [0.1, 0.15) is 5.76 Å². The lowest BCUT2D eigenvalue weighted by atomic mass is 10.3. The lowest BCUT2D eigenvalue weighted by molar-refractivity contribution is 0.518. The maximum absolute atomic E-state index is 5.91. The molecule has 0 aromatic carbocycles. The summed E-state index contributed by atoms with van der Waals surface area (Å²) in [6.07, 6.45) is 3.20. The van der Waals surface area contributed by atoms with Crippen LogP contribution < -0.4 is 5.32 Å². The Morgan fingerprint density at radius 1 is 1.50 bits per heavy atom. The number of thiazole rings is 1. The third-order valence-corrected chi connectivity index (χ3v) is 4.43. The number of nitrogens with one attached hydrogen (secondary N) is 1. The van der Waals surface area contributed by atoms with E-state index in [1.165, 1.54) is 11.3 Å². The zero-order chi connectivity index (χ0) is 12.5. The lowest BCUT2D eigenvalue weighted by Gasteiger charge is -1.95. The molecule has 2 atom stereocenters. The highest BCUT2D eigenvalue weighted by atomic mass is 32.1. The van der Waals surface area contributed by atoms with Gasteiger partial charge in [0.25, 0.3) is 0 Å². The number of hydrogen-bond acceptors (Lipinski definition) is 4. The van der Waals surface area contributed by atoms with Crippen molar-refractivity contribution >= 4 is 11.3 Å². The normalized spacial score (nSPS) is 22.3. The highest BCUT2D eigenvalue weighted by Crippen LogP contribution is 2.48. The van der Waals surface area contributed by atoms with Gasteiger partial charge >= 0.3 is 0 Å². The molecule has 4 heteroatoms. The summed E-state index contributed by atoms with van der Waals surface area (Å²) in [6, 6.07) is 4.16. The fourth-order valence-electron chi connectivity index (χ4n) is 2.14. The van der Waals surface area contributed by atoms with Gasteiger partial charge in [-0.3, -0.25) is 0 Å². The van der Waals surface area contributed by atoms with E-state index in [2.05, 4.69) is 36.3 Å². The molecule has 2 heterocycles. The standard InChI is InChI=1S/C14H18N2OS/c1-3-15-7-10-8-16-14(18-10)13-5-4-12(17-13)11-6-9(11)2/h4-5,8-9,11,15H,3,6-7H2,1-2H3. The van der Waals surface area contributed by atoms with Gasteiger partial charge in [0, 0.05) is 23.5 Å². The Balaban J connectivity index is 1.73. The smallest absolute Gasteiger partial charge is 0.162 e. The second kappa shape index (κ2) is 4.86. The van der Waals surface area contributed by atoms with Crippen molar-refractivity contribution in [2.45, 2.75) is 32.7 Å². The van der Waals surface area contributed by atoms with Crippen molar-refractivity contribution in [3.05, 3.63) is 29.0 Å². The molecule has 3 rings (SSSR count). The van der Waals surface area contributed by atoms with E-state index < -0.39 is 0 Å². The molecule has 0 saturated heterocycles. The van der Waals surface area contributed by atoms with E-state index in [0.717, 1.165) is 35.5 Å². The molecule has 3 nitrogen and oxygen atoms in total. The minimum atomic E-state index is 0.639. The zero-order valence-corrected chi connectivity index (χ0v) is 11.6. The predicted octanol–water partition coefficient (Wildman–Crippen LogP) is 3.64. The van der Waals surface area contributed by atoms with Crippen LogP contribution in [0.25, 0.3) is 10.8 Å². The first-order valence-corrected chi connectivity index (χ1v) is 7.35. The molecule has 0 amide bonds. The molecule has 1 aliphatic rings. The van der Waals surface area contributed by atoms with Crippen molar-refractivity contribution in [2.24, 2.45) is 5.92 Å². The summed E-state index contributed by atoms with van der Waals surface area (Å²) >= 11 is 1.70. The van der Waals surface area contributed by atoms with Gasteiger partial charge in [-0.15, -0.1) is 11.3 Å². The maximum atomic E-state index is 5.91. The predicted molar refractivity (Wildman–Crippen MR) is 73.7 cm³/mol. The second-order valence-electron chi connectivity index (χ2n) is 4.93. The number of nitrogens with zero attached hydrogens (tertiary/aromatic N) is 1. The number of furan rings is 1. The van der Waals surface area contributed by atoms with Gasteiger partial charge in [-0.1, -0.05) is 13.8 Å². The SMILES string of the molecule is CCNCc1cnc(-c2ccc(C3CC3C)o2)s1. The van der Waals surface area contributed by atoms with Crippen molar-refractivity contribution in [2.75, 3.05) is 6.54 Å². The minimum Gasteiger partial charge on any atom is -0.458 e. The average molecular weight is 262 g/mol. The lowest BCUT2D eigenvalue weighted by Crippen LogP contribution is -2.10. The molecule has 1 N–H and O–H groups in total. The fraction of sp³-hybridized carbons (Fsp3) is 0.500. The Labute approximate surface area is 111 Å². The zero-order valence-electron chi connectivity index (χ0n) is 10.8. The van der Waals surface area contributed by atoms with Gasteiger partial charge in [-0.05, 0) is 31.0 Å². The van der Waals surface area contributed by atoms with Crippen LogP contribution in [0, 0.1) is 5.92 Å². The van der Waals surface area contributed by atoms with Crippen LogP contribution >= 0.6 is 11.3 Å². The molecule has 1 saturated carbocycles. The van der Waals surface area contributed by atoms with Gasteiger partial charge < -0.3 is 9.73 Å². The molecule has 2 aromatic rings. The molecule has 1 aliphatic carbocycles. The summed E-state index contributed by atoms with van der Waals surface area (Å²) in [5.41, 5.74) is 0. The summed E-state index contributed by atoms with van der Waals surface area (Å²) in [6.45, 7) is 6.25. The first-order chi connectivity index (χ1) is 8.78. The van der Waals surface area contributed by atoms with Crippen molar-refractivity contribution in [1.82, 2.24) is 10.3 Å². The average Bonchev–Trinajstić information content (AvgIpc) is 2.86. The van der Waals surface area contributed by atoms with Crippen LogP contribution in [0.2, 0.25) is 0 Å². The molecule has 2 aromatic heterocycles. The number of aromatic nitrogens is 1. The molecule has 0 radical (unpaired) electrons. The maximum Gasteiger partial charge on any atom is 0.162 e. The van der Waals surface area contributed by atoms with Crippen LogP contribution in [-0.2, 0) is 6.54 Å². The molecule has 18 heavy (non-hydrogen) atoms. The highest BCUT2D eigenvalue weighted by Gasteiger charge is 2.36. The largest absolute Gasteiger partial charge is 0.458 e. The van der Waals surface area contributed by atoms with Gasteiger partial charge in [0.05, 0.1) is 0 Å². The van der Waals surface area contributed by atoms with Crippen LogP contribution in [0.1, 0.15) is 36.8 Å². The quantitative estimate of drug-likeness (QED) is 0.894. The summed E-state index contributed by atoms with van der Waals surface area (Å²) in [5.74, 6) is 3.46. The van der Waals surface area contributed by atoms with Crippen molar-refractivity contribution in [3.63, 3.8) is 0 Å². The second-order valence-corrected chi connectivity index (χ2v) is 6.05. The minimum absolute atomic E-state index is 0.639. The Hall–Kier alpha value is -1.13. The van der Waals surface area contributed by atoms with E-state index in [0.29, 0.717) is 5.92 Å². The van der Waals surface area contributed by atoms with E-state index in [1.54, 1.807) is 11.3 Å². The van der Waals surface area contributed by atoms with E-state index in [9.17, 15) is 0 Å². The molecule has 96 valence electrons. The highest BCUT2D eigenvalue weighted by molar-refractivity contribution is 7.14. The topological polar surface area (TPSA) is 38.1 Å². The molecule has 2 unspecified atom stereocenters. The first-order valence-electron chi connectivity index (χ1n) is 6.53. The summed E-state index contributed by atoms with van der Waals surface area (Å²) in [4.78, 5) is 5.69. The first kappa shape index (κ1) is 11.9. The monoisotopic (exact) mass is 262 g/mol. The van der Waals surface area contributed by atoms with Crippen LogP contribution in [-0.4, -0.2) is 11.5 Å². The molecule has 0 aliphatic heterocycles. The van der Waals surface area contributed by atoms with Gasteiger partial charge in [0.15, 0.2) is 10.8 Å². The summed E-state index contributed by atoms with van der Waals surface area (Å²) in [5, 5.41) is 4.30. The van der Waals surface area contributed by atoms with Crippen molar-refractivity contribution in [1.29, 1.82) is 0 Å². The number of hydrogen-bond donors (Lipinski definition) is 1. The Kier molecular flexibility index (Phi) is 3.22. The van der Waals surface area contributed by atoms with Crippen LogP contribution in [0.4, 0.5) is 0 Å². The van der Waals surface area contributed by atoms with Crippen LogP contribution in [0.3, 0.4) is 0 Å². The third-order valence-electron chi connectivity index (χ3n) is 3.42. The molecule has 0 bridgehead atoms. The fourth-order valence-corrected chi connectivity index (χ4v) is 2.98.